The largest absolute Gasteiger partial charge is 0.315 e. The van der Waals surface area contributed by atoms with Gasteiger partial charge in [0.1, 0.15) is 4.21 Å². The molecule has 0 unspecified atom stereocenters. The lowest BCUT2D eigenvalue weighted by Gasteiger charge is -2.15. The first-order chi connectivity index (χ1) is 9.03. The Morgan fingerprint density at radius 1 is 1.42 bits per heavy atom. The Bertz CT molecular complexity index is 509. The number of nitrogens with zero attached hydrogens (tertiary/aromatic N) is 1. The van der Waals surface area contributed by atoms with Crippen molar-refractivity contribution in [2.24, 2.45) is 0 Å². The smallest absolute Gasteiger partial charge is 0.250 e. The van der Waals surface area contributed by atoms with Gasteiger partial charge in [-0.15, -0.1) is 11.3 Å². The van der Waals surface area contributed by atoms with E-state index in [2.05, 4.69) is 14.9 Å². The summed E-state index contributed by atoms with van der Waals surface area (Å²) in [6.45, 7) is 1.93. The minimum atomic E-state index is -3.34. The highest BCUT2D eigenvalue weighted by Gasteiger charge is 2.26. The minimum absolute atomic E-state index is 0.395. The fourth-order valence-corrected chi connectivity index (χ4v) is 4.33. The molecule has 1 aliphatic carbocycles. The van der Waals surface area contributed by atoms with Crippen LogP contribution < -0.4 is 10.0 Å². The summed E-state index contributed by atoms with van der Waals surface area (Å²) in [5.74, 6) is 0. The molecule has 1 saturated carbocycles. The van der Waals surface area contributed by atoms with Crippen molar-refractivity contribution in [2.75, 3.05) is 27.2 Å². The molecule has 0 aliphatic heterocycles. The molecule has 0 bridgehead atoms. The summed E-state index contributed by atoms with van der Waals surface area (Å²) in [6, 6.07) is 4.18. The number of hydrogen-bond donors (Lipinski definition) is 2. The molecule has 1 heterocycles. The van der Waals surface area contributed by atoms with Crippen LogP contribution in [0.5, 0.6) is 0 Å². The molecule has 0 saturated heterocycles. The Morgan fingerprint density at radius 3 is 2.79 bits per heavy atom. The Labute approximate surface area is 119 Å². The summed E-state index contributed by atoms with van der Waals surface area (Å²) in [5.41, 5.74) is 0. The van der Waals surface area contributed by atoms with Crippen LogP contribution in [-0.2, 0) is 16.6 Å². The number of sulfonamides is 1. The fraction of sp³-hybridized carbons (Fsp3) is 0.667. The number of rotatable bonds is 8. The van der Waals surface area contributed by atoms with Crippen LogP contribution in [-0.4, -0.2) is 46.5 Å². The normalized spacial score (nSPS) is 16.2. The number of hydrogen-bond acceptors (Lipinski definition) is 5. The van der Waals surface area contributed by atoms with Gasteiger partial charge in [0.05, 0.1) is 0 Å². The lowest BCUT2D eigenvalue weighted by atomic mass is 10.5. The third kappa shape index (κ3) is 4.25. The third-order valence-corrected chi connectivity index (χ3v) is 6.22. The molecule has 1 aromatic rings. The van der Waals surface area contributed by atoms with Crippen LogP contribution in [0.3, 0.4) is 0 Å². The molecule has 19 heavy (non-hydrogen) atoms. The lowest BCUT2D eigenvalue weighted by Crippen LogP contribution is -2.33. The Morgan fingerprint density at radius 2 is 2.16 bits per heavy atom. The summed E-state index contributed by atoms with van der Waals surface area (Å²) >= 11 is 1.32. The average molecular weight is 303 g/mol. The highest BCUT2D eigenvalue weighted by Crippen LogP contribution is 2.25. The van der Waals surface area contributed by atoms with Gasteiger partial charge in [-0.3, -0.25) is 0 Å². The van der Waals surface area contributed by atoms with Crippen molar-refractivity contribution in [3.8, 4) is 0 Å². The SMILES string of the molecule is CNCc1ccc(S(=O)(=O)NCCN(C)C2CC2)s1. The molecule has 5 nitrogen and oxygen atoms in total. The number of thiophene rings is 1. The molecule has 2 rings (SSSR count). The van der Waals surface area contributed by atoms with Crippen molar-refractivity contribution in [2.45, 2.75) is 29.6 Å². The molecule has 0 spiro atoms. The van der Waals surface area contributed by atoms with Crippen LogP contribution >= 0.6 is 11.3 Å². The van der Waals surface area contributed by atoms with E-state index in [1.807, 2.05) is 20.2 Å². The van der Waals surface area contributed by atoms with Crippen molar-refractivity contribution in [1.29, 1.82) is 0 Å². The van der Waals surface area contributed by atoms with Gasteiger partial charge in [-0.05, 0) is 39.1 Å². The highest BCUT2D eigenvalue weighted by molar-refractivity contribution is 7.91. The Balaban J connectivity index is 1.85. The van der Waals surface area contributed by atoms with Crippen molar-refractivity contribution < 1.29 is 8.42 Å². The molecule has 2 N–H and O–H groups in total. The van der Waals surface area contributed by atoms with E-state index in [1.165, 1.54) is 24.2 Å². The van der Waals surface area contributed by atoms with E-state index in [4.69, 9.17) is 0 Å². The van der Waals surface area contributed by atoms with Gasteiger partial charge in [0.2, 0.25) is 10.0 Å². The maximum absolute atomic E-state index is 12.1. The summed E-state index contributed by atoms with van der Waals surface area (Å²) in [5, 5.41) is 3.01. The van der Waals surface area contributed by atoms with E-state index < -0.39 is 10.0 Å². The number of nitrogens with one attached hydrogen (secondary N) is 2. The molecule has 108 valence electrons. The van der Waals surface area contributed by atoms with Crippen molar-refractivity contribution in [1.82, 2.24) is 14.9 Å². The van der Waals surface area contributed by atoms with Gasteiger partial charge in [0.15, 0.2) is 0 Å². The maximum Gasteiger partial charge on any atom is 0.250 e. The first kappa shape index (κ1) is 14.9. The second-order valence-electron chi connectivity index (χ2n) is 4.86. The number of likely N-dealkylation sites (N-methyl/N-ethyl adjacent to an activating group) is 1. The predicted octanol–water partition coefficient (Wildman–Crippen LogP) is 0.840. The Hall–Kier alpha value is -0.470. The second-order valence-corrected chi connectivity index (χ2v) is 8.02. The molecule has 0 radical (unpaired) electrons. The maximum atomic E-state index is 12.1. The van der Waals surface area contributed by atoms with Crippen molar-refractivity contribution >= 4 is 21.4 Å². The van der Waals surface area contributed by atoms with Crippen molar-refractivity contribution in [3.05, 3.63) is 17.0 Å². The van der Waals surface area contributed by atoms with Crippen LogP contribution in [0.2, 0.25) is 0 Å². The fourth-order valence-electron chi connectivity index (χ4n) is 1.90. The average Bonchev–Trinajstić information content (AvgIpc) is 3.09. The van der Waals surface area contributed by atoms with Crippen LogP contribution in [0.15, 0.2) is 16.3 Å². The monoisotopic (exact) mass is 303 g/mol. The van der Waals surface area contributed by atoms with Crippen molar-refractivity contribution in [3.63, 3.8) is 0 Å². The van der Waals surface area contributed by atoms with Crippen LogP contribution in [0.4, 0.5) is 0 Å². The van der Waals surface area contributed by atoms with Gasteiger partial charge in [-0.2, -0.15) is 0 Å². The lowest BCUT2D eigenvalue weighted by molar-refractivity contribution is 0.329. The molecule has 1 aromatic heterocycles. The molecule has 0 amide bonds. The molecule has 0 aromatic carbocycles. The van der Waals surface area contributed by atoms with Crippen LogP contribution in [0.1, 0.15) is 17.7 Å². The zero-order chi connectivity index (χ0) is 13.9. The summed E-state index contributed by atoms with van der Waals surface area (Å²) < 4.78 is 27.2. The zero-order valence-electron chi connectivity index (χ0n) is 11.3. The predicted molar refractivity (Wildman–Crippen MR) is 77.9 cm³/mol. The van der Waals surface area contributed by atoms with E-state index in [0.717, 1.165) is 11.4 Å². The third-order valence-electron chi connectivity index (χ3n) is 3.18. The van der Waals surface area contributed by atoms with Gasteiger partial charge in [-0.1, -0.05) is 0 Å². The zero-order valence-corrected chi connectivity index (χ0v) is 13.0. The van der Waals surface area contributed by atoms with Gasteiger partial charge in [0, 0.05) is 30.6 Å². The molecular formula is C12H21N3O2S2. The Kier molecular flexibility index (Phi) is 4.97. The molecule has 7 heteroatoms. The molecule has 1 aliphatic rings. The van der Waals surface area contributed by atoms with Gasteiger partial charge in [0.25, 0.3) is 0 Å². The summed E-state index contributed by atoms with van der Waals surface area (Å²) in [6.07, 6.45) is 2.48. The summed E-state index contributed by atoms with van der Waals surface area (Å²) in [7, 11) is 0.546. The highest BCUT2D eigenvalue weighted by atomic mass is 32.2. The van der Waals surface area contributed by atoms with Crippen LogP contribution in [0, 0.1) is 0 Å². The minimum Gasteiger partial charge on any atom is -0.315 e. The second kappa shape index (κ2) is 6.32. The first-order valence-corrected chi connectivity index (χ1v) is 8.76. The van der Waals surface area contributed by atoms with E-state index in [0.29, 0.717) is 23.3 Å². The van der Waals surface area contributed by atoms with Gasteiger partial charge >= 0.3 is 0 Å². The molecule has 0 atom stereocenters. The van der Waals surface area contributed by atoms with E-state index in [-0.39, 0.29) is 0 Å². The van der Waals surface area contributed by atoms with Gasteiger partial charge < -0.3 is 10.2 Å². The standard InChI is InChI=1S/C12H21N3O2S2/c1-13-9-11-5-6-12(18-11)19(16,17)14-7-8-15(2)10-3-4-10/h5-6,10,13-14H,3-4,7-9H2,1-2H3. The first-order valence-electron chi connectivity index (χ1n) is 6.46. The van der Waals surface area contributed by atoms with E-state index in [1.54, 1.807) is 6.07 Å². The van der Waals surface area contributed by atoms with Gasteiger partial charge in [-0.25, -0.2) is 13.1 Å². The topological polar surface area (TPSA) is 61.4 Å². The molecular weight excluding hydrogens is 282 g/mol. The quantitative estimate of drug-likeness (QED) is 0.747. The summed E-state index contributed by atoms with van der Waals surface area (Å²) in [4.78, 5) is 3.24. The van der Waals surface area contributed by atoms with E-state index >= 15 is 0 Å². The van der Waals surface area contributed by atoms with Crippen LogP contribution in [0.25, 0.3) is 0 Å². The molecule has 1 fully saturated rings. The van der Waals surface area contributed by atoms with E-state index in [9.17, 15) is 8.42 Å².